The fourth-order valence-electron chi connectivity index (χ4n) is 1.29. The minimum atomic E-state index is -0.738. The Balaban J connectivity index is 2.93. The molecule has 0 radical (unpaired) electrons. The first-order valence-corrected chi connectivity index (χ1v) is 4.65. The molecule has 80 valence electrons. The second-order valence-corrected chi connectivity index (χ2v) is 3.30. The van der Waals surface area contributed by atoms with Gasteiger partial charge in [0.05, 0.1) is 17.3 Å². The van der Waals surface area contributed by atoms with E-state index >= 15 is 0 Å². The predicted octanol–water partition coefficient (Wildman–Crippen LogP) is 3.92. The van der Waals surface area contributed by atoms with Crippen LogP contribution in [0.2, 0.25) is 5.02 Å². The van der Waals surface area contributed by atoms with Gasteiger partial charge in [0, 0.05) is 0 Å². The van der Waals surface area contributed by atoms with E-state index in [4.69, 9.17) is 18.5 Å². The van der Waals surface area contributed by atoms with Crippen LogP contribution in [0.15, 0.2) is 48.4 Å². The van der Waals surface area contributed by atoms with E-state index in [1.54, 1.807) is 0 Å². The zero-order valence-electron chi connectivity index (χ0n) is 12.9. The fraction of sp³-hybridized carbons (Fsp3) is 0. The van der Waals surface area contributed by atoms with Crippen molar-refractivity contribution < 1.29 is 11.8 Å². The van der Waals surface area contributed by atoms with Crippen LogP contribution in [0.5, 0.6) is 0 Å². The first-order chi connectivity index (χ1) is 9.77. The molecule has 3 nitrogen and oxygen atoms in total. The number of nitro groups is 1. The molecule has 0 fully saturated rings. The van der Waals surface area contributed by atoms with Crippen LogP contribution in [0.3, 0.4) is 0 Å². The third-order valence-electron chi connectivity index (χ3n) is 1.94. The van der Waals surface area contributed by atoms with Crippen LogP contribution in [-0.4, -0.2) is 4.92 Å². The van der Waals surface area contributed by atoms with Crippen LogP contribution in [0.1, 0.15) is 6.85 Å². The first-order valence-electron chi connectivity index (χ1n) is 6.77. The van der Waals surface area contributed by atoms with E-state index in [1.165, 1.54) is 18.2 Å². The summed E-state index contributed by atoms with van der Waals surface area (Å²) in [7, 11) is 0. The number of hydrogen-bond donors (Lipinski definition) is 0. The molecule has 0 bridgehead atoms. The molecule has 0 heterocycles. The van der Waals surface area contributed by atoms with Crippen molar-refractivity contribution in [1.82, 2.24) is 0 Å². The maximum atomic E-state index is 11.1. The van der Waals surface area contributed by atoms with Crippen molar-refractivity contribution >= 4 is 17.3 Å². The van der Waals surface area contributed by atoms with Gasteiger partial charge in [0.1, 0.15) is 5.02 Å². The summed E-state index contributed by atoms with van der Waals surface area (Å²) in [6, 6.07) is 1.35. The smallest absolute Gasteiger partial charge is 0.258 e. The minimum absolute atomic E-state index is 0.107. The monoisotopic (exact) mass is 238 g/mol. The Labute approximate surface area is 104 Å². The average molecular weight is 239 g/mol. The van der Waals surface area contributed by atoms with Crippen molar-refractivity contribution in [2.24, 2.45) is 0 Å². The lowest BCUT2D eigenvalue weighted by Crippen LogP contribution is -1.92. The highest BCUT2D eigenvalue weighted by Crippen LogP contribution is 2.35. The van der Waals surface area contributed by atoms with E-state index < -0.39 is 40.8 Å². The zero-order chi connectivity index (χ0) is 15.9. The van der Waals surface area contributed by atoms with Crippen LogP contribution in [0.4, 0.5) is 5.69 Å². The van der Waals surface area contributed by atoms with Crippen LogP contribution >= 0.6 is 11.6 Å². The SMILES string of the molecule is [2H]c1c([2H])c([2H])c(-c2cccc(Cl)c2[N+](=O)[O-])c([2H])c1[2H]. The van der Waals surface area contributed by atoms with Gasteiger partial charge < -0.3 is 0 Å². The van der Waals surface area contributed by atoms with Gasteiger partial charge in [0.25, 0.3) is 5.69 Å². The topological polar surface area (TPSA) is 43.1 Å². The molecule has 0 N–H and O–H groups in total. The summed E-state index contributed by atoms with van der Waals surface area (Å²) in [6.45, 7) is 0. The van der Waals surface area contributed by atoms with E-state index in [0.29, 0.717) is 0 Å². The third-order valence-corrected chi connectivity index (χ3v) is 2.24. The Morgan fingerprint density at radius 3 is 2.56 bits per heavy atom. The lowest BCUT2D eigenvalue weighted by molar-refractivity contribution is -0.384. The van der Waals surface area contributed by atoms with Gasteiger partial charge in [-0.15, -0.1) is 0 Å². The number of benzene rings is 2. The van der Waals surface area contributed by atoms with E-state index in [2.05, 4.69) is 0 Å². The standard InChI is InChI=1S/C12H8ClNO2/c13-11-8-4-7-10(12(11)14(15)16)9-5-2-1-3-6-9/h1-8H/i1D,2D,3D,5D,6D. The zero-order valence-corrected chi connectivity index (χ0v) is 8.63. The normalized spacial score (nSPS) is 14.4. The summed E-state index contributed by atoms with van der Waals surface area (Å²) in [5.41, 5.74) is -0.836. The fourth-order valence-corrected chi connectivity index (χ4v) is 1.53. The summed E-state index contributed by atoms with van der Waals surface area (Å²) < 4.78 is 38.4. The molecule has 0 aliphatic carbocycles. The van der Waals surface area contributed by atoms with Crippen molar-refractivity contribution in [3.63, 3.8) is 0 Å². The predicted molar refractivity (Wildman–Crippen MR) is 63.5 cm³/mol. The van der Waals surface area contributed by atoms with Crippen molar-refractivity contribution in [1.29, 1.82) is 0 Å². The van der Waals surface area contributed by atoms with Gasteiger partial charge in [-0.05, 0) is 17.7 Å². The Morgan fingerprint density at radius 2 is 1.94 bits per heavy atom. The molecule has 0 saturated heterocycles. The maximum Gasteiger partial charge on any atom is 0.295 e. The molecule has 0 spiro atoms. The summed E-state index contributed by atoms with van der Waals surface area (Å²) in [4.78, 5) is 10.4. The minimum Gasteiger partial charge on any atom is -0.258 e. The van der Waals surface area contributed by atoms with E-state index in [9.17, 15) is 10.1 Å². The third kappa shape index (κ3) is 1.90. The number of halogens is 1. The van der Waals surface area contributed by atoms with Crippen molar-refractivity contribution in [3.05, 3.63) is 63.5 Å². The molecule has 0 atom stereocenters. The van der Waals surface area contributed by atoms with Crippen molar-refractivity contribution in [2.45, 2.75) is 0 Å². The van der Waals surface area contributed by atoms with Crippen LogP contribution < -0.4 is 0 Å². The average Bonchev–Trinajstić information content (AvgIpc) is 2.43. The highest BCUT2D eigenvalue weighted by atomic mass is 35.5. The van der Waals surface area contributed by atoms with E-state index in [-0.39, 0.29) is 16.1 Å². The molecular formula is C12H8ClNO2. The Morgan fingerprint density at radius 1 is 1.25 bits per heavy atom. The number of nitro benzene ring substituents is 1. The van der Waals surface area contributed by atoms with Gasteiger partial charge >= 0.3 is 0 Å². The summed E-state index contributed by atoms with van der Waals surface area (Å²) >= 11 is 5.79. The highest BCUT2D eigenvalue weighted by molar-refractivity contribution is 6.33. The molecule has 2 aromatic carbocycles. The lowest BCUT2D eigenvalue weighted by Gasteiger charge is -2.03. The molecule has 0 aliphatic heterocycles. The molecule has 4 heteroatoms. The summed E-state index contributed by atoms with van der Waals surface area (Å²) in [5, 5.41) is 11.0. The number of hydrogen-bond acceptors (Lipinski definition) is 2. The largest absolute Gasteiger partial charge is 0.295 e. The van der Waals surface area contributed by atoms with Gasteiger partial charge in [-0.1, -0.05) is 47.9 Å². The number of para-hydroxylation sites is 1. The Bertz CT molecular complexity index is 737. The molecule has 0 amide bonds. The van der Waals surface area contributed by atoms with Gasteiger partial charge in [-0.25, -0.2) is 0 Å². The summed E-state index contributed by atoms with van der Waals surface area (Å²) in [6.07, 6.45) is 0. The number of nitrogens with zero attached hydrogens (tertiary/aromatic N) is 1. The Kier molecular flexibility index (Phi) is 1.63. The summed E-state index contributed by atoms with van der Waals surface area (Å²) in [5.74, 6) is 0. The molecule has 0 unspecified atom stereocenters. The molecule has 2 aromatic rings. The van der Waals surface area contributed by atoms with Gasteiger partial charge in [-0.3, -0.25) is 10.1 Å². The lowest BCUT2D eigenvalue weighted by atomic mass is 10.0. The second-order valence-electron chi connectivity index (χ2n) is 2.89. The molecule has 0 saturated carbocycles. The molecule has 16 heavy (non-hydrogen) atoms. The first kappa shape index (κ1) is 6.01. The maximum absolute atomic E-state index is 11.1. The van der Waals surface area contributed by atoms with Crippen LogP contribution in [0, 0.1) is 10.1 Å². The molecular weight excluding hydrogens is 226 g/mol. The molecule has 0 aromatic heterocycles. The highest BCUT2D eigenvalue weighted by Gasteiger charge is 2.18. The van der Waals surface area contributed by atoms with Crippen LogP contribution in [-0.2, 0) is 0 Å². The molecule has 0 aliphatic rings. The van der Waals surface area contributed by atoms with E-state index in [1.807, 2.05) is 0 Å². The second kappa shape index (κ2) is 4.33. The Hall–Kier alpha value is -1.87. The van der Waals surface area contributed by atoms with E-state index in [0.717, 1.165) is 0 Å². The quantitative estimate of drug-likeness (QED) is 0.588. The number of rotatable bonds is 2. The van der Waals surface area contributed by atoms with Gasteiger partial charge in [0.2, 0.25) is 0 Å². The van der Waals surface area contributed by atoms with Gasteiger partial charge in [0.15, 0.2) is 0 Å². The van der Waals surface area contributed by atoms with Crippen LogP contribution in [0.25, 0.3) is 11.1 Å². The van der Waals surface area contributed by atoms with Crippen molar-refractivity contribution in [2.75, 3.05) is 0 Å². The van der Waals surface area contributed by atoms with Crippen molar-refractivity contribution in [3.8, 4) is 11.1 Å². The van der Waals surface area contributed by atoms with Gasteiger partial charge in [-0.2, -0.15) is 0 Å². The molecule has 2 rings (SSSR count).